The van der Waals surface area contributed by atoms with Crippen LogP contribution in [0, 0.1) is 0 Å². The van der Waals surface area contributed by atoms with Crippen molar-refractivity contribution >= 4 is 46.2 Å². The van der Waals surface area contributed by atoms with E-state index in [1.54, 1.807) is 4.90 Å². The van der Waals surface area contributed by atoms with E-state index in [0.29, 0.717) is 22.2 Å². The quantitative estimate of drug-likeness (QED) is 0.592. The number of nitrogens with zero attached hydrogens (tertiary/aromatic N) is 2. The molecule has 2 aliphatic rings. The van der Waals surface area contributed by atoms with Crippen LogP contribution in [0.1, 0.15) is 24.5 Å². The third kappa shape index (κ3) is 4.97. The molecular formula is C20H26N3O2S2+. The van der Waals surface area contributed by atoms with E-state index in [4.69, 9.17) is 12.2 Å². The Morgan fingerprint density at radius 1 is 1.26 bits per heavy atom. The van der Waals surface area contributed by atoms with Gasteiger partial charge in [0.1, 0.15) is 4.32 Å². The largest absolute Gasteiger partial charge is 0.334 e. The zero-order valence-electron chi connectivity index (χ0n) is 15.9. The molecule has 7 heteroatoms. The highest BCUT2D eigenvalue weighted by atomic mass is 32.2. The number of benzene rings is 1. The molecule has 2 aliphatic heterocycles. The SMILES string of the molecule is CCc1ccc(/C=C2/SC(=S)N(CCC(=O)N3CC[NH+](C)CC3)C2=O)cc1. The Kier molecular flexibility index (Phi) is 6.68. The summed E-state index contributed by atoms with van der Waals surface area (Å²) in [4.78, 5) is 30.7. The van der Waals surface area contributed by atoms with Crippen LogP contribution in [0.4, 0.5) is 0 Å². The smallest absolute Gasteiger partial charge is 0.266 e. The average Bonchev–Trinajstić information content (AvgIpc) is 2.94. The zero-order chi connectivity index (χ0) is 19.4. The predicted octanol–water partition coefficient (Wildman–Crippen LogP) is 1.20. The molecule has 1 aromatic carbocycles. The summed E-state index contributed by atoms with van der Waals surface area (Å²) in [7, 11) is 2.14. The number of hydrogen-bond acceptors (Lipinski definition) is 4. The fourth-order valence-corrected chi connectivity index (χ4v) is 4.51. The van der Waals surface area contributed by atoms with Crippen molar-refractivity contribution in [3.8, 4) is 0 Å². The summed E-state index contributed by atoms with van der Waals surface area (Å²) < 4.78 is 0.534. The Labute approximate surface area is 170 Å². The zero-order valence-corrected chi connectivity index (χ0v) is 17.5. The number of nitrogens with one attached hydrogen (secondary N) is 1. The van der Waals surface area contributed by atoms with Crippen LogP contribution in [0.25, 0.3) is 6.08 Å². The van der Waals surface area contributed by atoms with Crippen molar-refractivity contribution in [2.45, 2.75) is 19.8 Å². The van der Waals surface area contributed by atoms with Gasteiger partial charge < -0.3 is 9.80 Å². The first kappa shape index (κ1) is 20.0. The fraction of sp³-hybridized carbons (Fsp3) is 0.450. The molecule has 0 unspecified atom stereocenters. The molecule has 2 saturated heterocycles. The molecule has 27 heavy (non-hydrogen) atoms. The van der Waals surface area contributed by atoms with Crippen molar-refractivity contribution < 1.29 is 14.5 Å². The summed E-state index contributed by atoms with van der Waals surface area (Å²) in [6, 6.07) is 8.18. The van der Waals surface area contributed by atoms with Crippen LogP contribution in [0.3, 0.4) is 0 Å². The van der Waals surface area contributed by atoms with E-state index in [1.165, 1.54) is 22.2 Å². The summed E-state index contributed by atoms with van der Waals surface area (Å²) in [5.74, 6) is 0.0101. The molecule has 0 aromatic heterocycles. The van der Waals surface area contributed by atoms with Crippen LogP contribution in [0.2, 0.25) is 0 Å². The molecule has 2 heterocycles. The number of quaternary nitrogens is 1. The first-order valence-corrected chi connectivity index (χ1v) is 10.6. The fourth-order valence-electron chi connectivity index (χ4n) is 3.20. The van der Waals surface area contributed by atoms with Crippen molar-refractivity contribution in [1.82, 2.24) is 9.80 Å². The van der Waals surface area contributed by atoms with Gasteiger partial charge in [-0.3, -0.25) is 14.5 Å². The Morgan fingerprint density at radius 2 is 1.93 bits per heavy atom. The van der Waals surface area contributed by atoms with E-state index in [9.17, 15) is 9.59 Å². The molecule has 1 N–H and O–H groups in total. The second kappa shape index (κ2) is 8.99. The van der Waals surface area contributed by atoms with E-state index in [0.717, 1.165) is 38.2 Å². The molecule has 2 amide bonds. The van der Waals surface area contributed by atoms with Crippen LogP contribution in [0.5, 0.6) is 0 Å². The maximum atomic E-state index is 12.7. The molecule has 0 spiro atoms. The Hall–Kier alpha value is -1.70. The second-order valence-corrected chi connectivity index (χ2v) is 8.69. The lowest BCUT2D eigenvalue weighted by atomic mass is 10.1. The lowest BCUT2D eigenvalue weighted by Gasteiger charge is -2.30. The van der Waals surface area contributed by atoms with Gasteiger partial charge in [-0.05, 0) is 23.6 Å². The van der Waals surface area contributed by atoms with Gasteiger partial charge in [0.25, 0.3) is 5.91 Å². The van der Waals surface area contributed by atoms with E-state index < -0.39 is 0 Å². The van der Waals surface area contributed by atoms with Crippen molar-refractivity contribution in [3.05, 3.63) is 40.3 Å². The Bertz CT molecular complexity index is 753. The van der Waals surface area contributed by atoms with Crippen LogP contribution in [0.15, 0.2) is 29.2 Å². The number of amides is 2. The van der Waals surface area contributed by atoms with Crippen molar-refractivity contribution in [2.24, 2.45) is 0 Å². The van der Waals surface area contributed by atoms with E-state index >= 15 is 0 Å². The maximum Gasteiger partial charge on any atom is 0.266 e. The molecule has 2 fully saturated rings. The number of thiocarbonyl (C=S) groups is 1. The normalized spacial score (nSPS) is 20.0. The van der Waals surface area contributed by atoms with Crippen LogP contribution < -0.4 is 4.90 Å². The lowest BCUT2D eigenvalue weighted by molar-refractivity contribution is -0.883. The summed E-state index contributed by atoms with van der Waals surface area (Å²) >= 11 is 6.69. The predicted molar refractivity (Wildman–Crippen MR) is 114 cm³/mol. The van der Waals surface area contributed by atoms with Gasteiger partial charge in [0, 0.05) is 13.0 Å². The monoisotopic (exact) mass is 404 g/mol. The average molecular weight is 405 g/mol. The number of thioether (sulfide) groups is 1. The number of carbonyl (C=O) groups is 2. The van der Waals surface area contributed by atoms with Gasteiger partial charge in [0.2, 0.25) is 5.91 Å². The van der Waals surface area contributed by atoms with Gasteiger partial charge >= 0.3 is 0 Å². The maximum absolute atomic E-state index is 12.7. The highest BCUT2D eigenvalue weighted by Gasteiger charge is 2.32. The molecular weight excluding hydrogens is 378 g/mol. The minimum absolute atomic E-state index is 0.0970. The highest BCUT2D eigenvalue weighted by Crippen LogP contribution is 2.32. The number of piperazine rings is 1. The molecule has 144 valence electrons. The first-order valence-electron chi connectivity index (χ1n) is 9.41. The van der Waals surface area contributed by atoms with Gasteiger partial charge in [0.15, 0.2) is 0 Å². The highest BCUT2D eigenvalue weighted by molar-refractivity contribution is 8.26. The van der Waals surface area contributed by atoms with Crippen LogP contribution in [-0.2, 0) is 16.0 Å². The van der Waals surface area contributed by atoms with Crippen molar-refractivity contribution in [2.75, 3.05) is 39.8 Å². The molecule has 3 rings (SSSR count). The summed E-state index contributed by atoms with van der Waals surface area (Å²) in [5.41, 5.74) is 2.26. The Morgan fingerprint density at radius 3 is 2.56 bits per heavy atom. The minimum Gasteiger partial charge on any atom is -0.334 e. The first-order chi connectivity index (χ1) is 13.0. The molecule has 5 nitrogen and oxygen atoms in total. The minimum atomic E-state index is -0.0970. The van der Waals surface area contributed by atoms with Gasteiger partial charge in [-0.25, -0.2) is 0 Å². The molecule has 0 saturated carbocycles. The van der Waals surface area contributed by atoms with Crippen molar-refractivity contribution in [3.63, 3.8) is 0 Å². The van der Waals surface area contributed by atoms with Crippen molar-refractivity contribution in [1.29, 1.82) is 0 Å². The number of carbonyl (C=O) groups excluding carboxylic acids is 2. The van der Waals surface area contributed by atoms with E-state index in [2.05, 4.69) is 26.1 Å². The molecule has 0 aliphatic carbocycles. The lowest BCUT2D eigenvalue weighted by Crippen LogP contribution is -3.12. The van der Waals surface area contributed by atoms with E-state index in [-0.39, 0.29) is 11.8 Å². The van der Waals surface area contributed by atoms with Gasteiger partial charge in [-0.2, -0.15) is 0 Å². The van der Waals surface area contributed by atoms with Gasteiger partial charge in [-0.15, -0.1) is 0 Å². The Balaban J connectivity index is 1.58. The second-order valence-electron chi connectivity index (χ2n) is 7.02. The van der Waals surface area contributed by atoms with Crippen LogP contribution >= 0.6 is 24.0 Å². The standard InChI is InChI=1S/C20H25N3O2S2/c1-3-15-4-6-16(7-5-15)14-17-19(25)23(20(26)27-17)9-8-18(24)22-12-10-21(2)11-13-22/h4-7,14H,3,8-13H2,1-2H3/p+1/b17-14+. The number of hydrogen-bond donors (Lipinski definition) is 1. The van der Waals surface area contributed by atoms with E-state index in [1.807, 2.05) is 23.1 Å². The van der Waals surface area contributed by atoms with Crippen LogP contribution in [-0.4, -0.2) is 65.7 Å². The molecule has 0 bridgehead atoms. The topological polar surface area (TPSA) is 45.1 Å². The summed E-state index contributed by atoms with van der Waals surface area (Å²) in [6.45, 7) is 6.01. The van der Waals surface area contributed by atoms with Gasteiger partial charge in [-0.1, -0.05) is 55.2 Å². The summed E-state index contributed by atoms with van der Waals surface area (Å²) in [5, 5.41) is 0. The number of likely N-dealkylation sites (N-methyl/N-ethyl adjacent to an activating group) is 1. The number of aryl methyl sites for hydroxylation is 1. The third-order valence-electron chi connectivity index (χ3n) is 5.08. The molecule has 1 aromatic rings. The number of rotatable bonds is 5. The third-order valence-corrected chi connectivity index (χ3v) is 6.46. The molecule has 0 radical (unpaired) electrons. The van der Waals surface area contributed by atoms with Gasteiger partial charge in [0.05, 0.1) is 38.1 Å². The summed E-state index contributed by atoms with van der Waals surface area (Å²) in [6.07, 6.45) is 3.19. The molecule has 0 atom stereocenters.